The van der Waals surface area contributed by atoms with Gasteiger partial charge in [-0.1, -0.05) is 6.92 Å². The largest absolute Gasteiger partial charge is 0.293 e. The van der Waals surface area contributed by atoms with Crippen LogP contribution in [0.25, 0.3) is 0 Å². The lowest BCUT2D eigenvalue weighted by atomic mass is 9.94. The average Bonchev–Trinajstić information content (AvgIpc) is 2.02. The average molecular weight is 169 g/mol. The van der Waals surface area contributed by atoms with Crippen LogP contribution in [-0.2, 0) is 0 Å². The van der Waals surface area contributed by atoms with Crippen LogP contribution in [0.5, 0.6) is 0 Å². The summed E-state index contributed by atoms with van der Waals surface area (Å²) in [5, 5.41) is 0. The van der Waals surface area contributed by atoms with E-state index in [-0.39, 0.29) is 0 Å². The summed E-state index contributed by atoms with van der Waals surface area (Å²) in [5.74, 6) is 0.860. The Bertz CT molecular complexity index is 164. The molecule has 0 N–H and O–H groups in total. The first-order valence-electron chi connectivity index (χ1n) is 5.01. The molecule has 1 nitrogen and oxygen atoms in total. The molecule has 0 amide bonds. The van der Waals surface area contributed by atoms with Gasteiger partial charge in [-0.3, -0.25) is 4.90 Å². The topological polar surface area (TPSA) is 3.24 Å². The molecular formula is C11H23N. The number of hydrogen-bond donors (Lipinski definition) is 0. The maximum absolute atomic E-state index is 2.63. The Hall–Kier alpha value is -0.0400. The summed E-state index contributed by atoms with van der Waals surface area (Å²) >= 11 is 0. The zero-order chi connectivity index (χ0) is 9.57. The molecule has 1 atom stereocenters. The molecule has 1 rings (SSSR count). The van der Waals surface area contributed by atoms with E-state index in [0.29, 0.717) is 11.1 Å². The van der Waals surface area contributed by atoms with E-state index < -0.39 is 0 Å². The Balaban J connectivity index is 2.79. The van der Waals surface area contributed by atoms with Crippen LogP contribution in [0.15, 0.2) is 0 Å². The SMILES string of the molecule is C[C@@H]1CN(C(C)(C)C)C(C)(C)C1. The molecule has 0 saturated carbocycles. The van der Waals surface area contributed by atoms with Crippen molar-refractivity contribution in [2.75, 3.05) is 6.54 Å². The van der Waals surface area contributed by atoms with Gasteiger partial charge in [-0.15, -0.1) is 0 Å². The second kappa shape index (κ2) is 2.73. The zero-order valence-corrected chi connectivity index (χ0v) is 9.44. The lowest BCUT2D eigenvalue weighted by molar-refractivity contribution is 0.0673. The number of hydrogen-bond acceptors (Lipinski definition) is 1. The van der Waals surface area contributed by atoms with Crippen molar-refractivity contribution in [1.29, 1.82) is 0 Å². The maximum Gasteiger partial charge on any atom is 0.0161 e. The highest BCUT2D eigenvalue weighted by Crippen LogP contribution is 2.37. The van der Waals surface area contributed by atoms with Gasteiger partial charge in [-0.25, -0.2) is 0 Å². The predicted molar refractivity (Wildman–Crippen MR) is 54.3 cm³/mol. The molecule has 1 aliphatic heterocycles. The van der Waals surface area contributed by atoms with Crippen LogP contribution in [0.2, 0.25) is 0 Å². The smallest absolute Gasteiger partial charge is 0.0161 e. The molecule has 1 saturated heterocycles. The molecule has 72 valence electrons. The number of likely N-dealkylation sites (tertiary alicyclic amines) is 1. The third-order valence-corrected chi connectivity index (χ3v) is 2.88. The molecule has 0 bridgehead atoms. The van der Waals surface area contributed by atoms with Crippen molar-refractivity contribution in [2.45, 2.75) is 59.0 Å². The van der Waals surface area contributed by atoms with E-state index in [1.54, 1.807) is 0 Å². The molecule has 0 unspecified atom stereocenters. The maximum atomic E-state index is 2.63. The summed E-state index contributed by atoms with van der Waals surface area (Å²) in [6.45, 7) is 15.3. The second-order valence-corrected chi connectivity index (χ2v) is 5.90. The summed E-state index contributed by atoms with van der Waals surface area (Å²) in [4.78, 5) is 2.63. The van der Waals surface area contributed by atoms with Gasteiger partial charge < -0.3 is 0 Å². The fraction of sp³-hybridized carbons (Fsp3) is 1.00. The molecule has 1 heterocycles. The molecule has 0 aromatic carbocycles. The quantitative estimate of drug-likeness (QED) is 0.539. The Morgan fingerprint density at radius 1 is 1.25 bits per heavy atom. The van der Waals surface area contributed by atoms with E-state index in [0.717, 1.165) is 5.92 Å². The molecule has 1 fully saturated rings. The van der Waals surface area contributed by atoms with Crippen LogP contribution in [-0.4, -0.2) is 22.5 Å². The summed E-state index contributed by atoms with van der Waals surface area (Å²) < 4.78 is 0. The van der Waals surface area contributed by atoms with Gasteiger partial charge in [0.25, 0.3) is 0 Å². The van der Waals surface area contributed by atoms with Gasteiger partial charge in [0, 0.05) is 17.6 Å². The van der Waals surface area contributed by atoms with Crippen molar-refractivity contribution in [2.24, 2.45) is 5.92 Å². The number of rotatable bonds is 0. The van der Waals surface area contributed by atoms with Crippen LogP contribution in [0.4, 0.5) is 0 Å². The predicted octanol–water partition coefficient (Wildman–Crippen LogP) is 2.91. The van der Waals surface area contributed by atoms with Crippen LogP contribution in [0.1, 0.15) is 48.0 Å². The first-order valence-corrected chi connectivity index (χ1v) is 5.01. The normalized spacial score (nSPS) is 31.0. The third-order valence-electron chi connectivity index (χ3n) is 2.88. The first-order chi connectivity index (χ1) is 5.23. The molecule has 0 aliphatic carbocycles. The van der Waals surface area contributed by atoms with Crippen LogP contribution >= 0.6 is 0 Å². The van der Waals surface area contributed by atoms with Crippen molar-refractivity contribution in [3.05, 3.63) is 0 Å². The minimum Gasteiger partial charge on any atom is -0.293 e. The fourth-order valence-corrected chi connectivity index (χ4v) is 2.77. The Kier molecular flexibility index (Phi) is 2.28. The van der Waals surface area contributed by atoms with Gasteiger partial charge in [0.05, 0.1) is 0 Å². The van der Waals surface area contributed by atoms with E-state index in [1.165, 1.54) is 13.0 Å². The summed E-state index contributed by atoms with van der Waals surface area (Å²) in [6.07, 6.45) is 1.34. The zero-order valence-electron chi connectivity index (χ0n) is 9.44. The van der Waals surface area contributed by atoms with Gasteiger partial charge in [0.15, 0.2) is 0 Å². The summed E-state index contributed by atoms with van der Waals surface area (Å²) in [5.41, 5.74) is 0.728. The van der Waals surface area contributed by atoms with Gasteiger partial charge in [0.1, 0.15) is 0 Å². The van der Waals surface area contributed by atoms with E-state index >= 15 is 0 Å². The van der Waals surface area contributed by atoms with Crippen molar-refractivity contribution in [1.82, 2.24) is 4.90 Å². The monoisotopic (exact) mass is 169 g/mol. The second-order valence-electron chi connectivity index (χ2n) is 5.90. The van der Waals surface area contributed by atoms with E-state index in [1.807, 2.05) is 0 Å². The van der Waals surface area contributed by atoms with E-state index in [9.17, 15) is 0 Å². The molecule has 12 heavy (non-hydrogen) atoms. The third kappa shape index (κ3) is 1.82. The Morgan fingerprint density at radius 3 is 1.92 bits per heavy atom. The van der Waals surface area contributed by atoms with Crippen molar-refractivity contribution in [3.8, 4) is 0 Å². The van der Waals surface area contributed by atoms with Crippen molar-refractivity contribution < 1.29 is 0 Å². The van der Waals surface area contributed by atoms with E-state index in [4.69, 9.17) is 0 Å². The summed E-state index contributed by atoms with van der Waals surface area (Å²) in [7, 11) is 0. The van der Waals surface area contributed by atoms with E-state index in [2.05, 4.69) is 46.4 Å². The molecule has 0 aromatic heterocycles. The van der Waals surface area contributed by atoms with Crippen LogP contribution < -0.4 is 0 Å². The highest BCUT2D eigenvalue weighted by atomic mass is 15.3. The Labute approximate surface area is 77.1 Å². The molecule has 0 spiro atoms. The van der Waals surface area contributed by atoms with Crippen LogP contribution in [0.3, 0.4) is 0 Å². The van der Waals surface area contributed by atoms with Gasteiger partial charge in [0.2, 0.25) is 0 Å². The molecular weight excluding hydrogens is 146 g/mol. The Morgan fingerprint density at radius 2 is 1.75 bits per heavy atom. The highest BCUT2D eigenvalue weighted by Gasteiger charge is 2.41. The fourth-order valence-electron chi connectivity index (χ4n) is 2.77. The van der Waals surface area contributed by atoms with Gasteiger partial charge >= 0.3 is 0 Å². The van der Waals surface area contributed by atoms with Gasteiger partial charge in [-0.2, -0.15) is 0 Å². The molecule has 1 heteroatoms. The molecule has 0 aromatic rings. The highest BCUT2D eigenvalue weighted by molar-refractivity contribution is 4.96. The minimum atomic E-state index is 0.328. The lowest BCUT2D eigenvalue weighted by Gasteiger charge is -2.42. The van der Waals surface area contributed by atoms with Gasteiger partial charge in [-0.05, 0) is 47.0 Å². The number of nitrogens with zero attached hydrogens (tertiary/aromatic N) is 1. The molecule has 1 aliphatic rings. The lowest BCUT2D eigenvalue weighted by Crippen LogP contribution is -2.49. The standard InChI is InChI=1S/C11H23N/c1-9-7-11(5,6)12(8-9)10(2,3)4/h9H,7-8H2,1-6H3/t9-/m0/s1. The molecule has 0 radical (unpaired) electrons. The van der Waals surface area contributed by atoms with Crippen molar-refractivity contribution >= 4 is 0 Å². The minimum absolute atomic E-state index is 0.328. The summed E-state index contributed by atoms with van der Waals surface area (Å²) in [6, 6.07) is 0. The first kappa shape index (κ1) is 10.0. The van der Waals surface area contributed by atoms with Crippen LogP contribution in [0, 0.1) is 5.92 Å². The van der Waals surface area contributed by atoms with Crippen molar-refractivity contribution in [3.63, 3.8) is 0 Å².